The van der Waals surface area contributed by atoms with Crippen LogP contribution in [0.15, 0.2) is 18.2 Å². The van der Waals surface area contributed by atoms with Crippen LogP contribution < -0.4 is 14.8 Å². The Hall–Kier alpha value is -1.75. The first-order chi connectivity index (χ1) is 9.60. The molecule has 0 heterocycles. The second kappa shape index (κ2) is 8.43. The zero-order valence-electron chi connectivity index (χ0n) is 12.6. The van der Waals surface area contributed by atoms with Gasteiger partial charge in [-0.3, -0.25) is 4.79 Å². The molecule has 0 radical (unpaired) electrons. The zero-order valence-corrected chi connectivity index (χ0v) is 12.6. The number of carbonyl (C=O) groups excluding carboxylic acids is 1. The monoisotopic (exact) mass is 281 g/mol. The van der Waals surface area contributed by atoms with Crippen molar-refractivity contribution in [1.29, 1.82) is 0 Å². The van der Waals surface area contributed by atoms with E-state index in [-0.39, 0.29) is 12.0 Å². The number of hydrogen-bond donors (Lipinski definition) is 1. The fourth-order valence-corrected chi connectivity index (χ4v) is 1.82. The number of nitrogens with one attached hydrogen (secondary N) is 1. The number of ether oxygens (including phenoxy) is 3. The predicted octanol–water partition coefficient (Wildman–Crippen LogP) is 2.14. The van der Waals surface area contributed by atoms with E-state index >= 15 is 0 Å². The molecule has 1 aromatic rings. The largest absolute Gasteiger partial charge is 0.497 e. The molecular formula is C15H23NO4. The Bertz CT molecular complexity index is 434. The van der Waals surface area contributed by atoms with Gasteiger partial charge in [-0.2, -0.15) is 0 Å². The molecule has 20 heavy (non-hydrogen) atoms. The highest BCUT2D eigenvalue weighted by Gasteiger charge is 2.11. The number of benzene rings is 1. The molecule has 0 bridgehead atoms. The first kappa shape index (κ1) is 16.3. The van der Waals surface area contributed by atoms with Crippen LogP contribution in [0.1, 0.15) is 25.8 Å². The molecule has 1 unspecified atom stereocenters. The number of hydrogen-bond acceptors (Lipinski definition) is 5. The molecule has 1 rings (SSSR count). The highest BCUT2D eigenvalue weighted by Crippen LogP contribution is 2.24. The maximum atomic E-state index is 11.4. The fourth-order valence-electron chi connectivity index (χ4n) is 1.82. The summed E-state index contributed by atoms with van der Waals surface area (Å²) >= 11 is 0. The van der Waals surface area contributed by atoms with Crippen LogP contribution in [0.3, 0.4) is 0 Å². The average molecular weight is 281 g/mol. The van der Waals surface area contributed by atoms with Crippen molar-refractivity contribution in [2.45, 2.75) is 32.9 Å². The number of esters is 1. The van der Waals surface area contributed by atoms with Gasteiger partial charge < -0.3 is 19.5 Å². The molecule has 0 aromatic heterocycles. The first-order valence-electron chi connectivity index (χ1n) is 6.70. The molecule has 0 saturated carbocycles. The quantitative estimate of drug-likeness (QED) is 0.740. The Morgan fingerprint density at radius 1 is 1.30 bits per heavy atom. The van der Waals surface area contributed by atoms with E-state index in [1.165, 1.54) is 0 Å². The minimum absolute atomic E-state index is 0.0425. The molecule has 1 N–H and O–H groups in total. The van der Waals surface area contributed by atoms with E-state index < -0.39 is 0 Å². The summed E-state index contributed by atoms with van der Waals surface area (Å²) in [7, 11) is 3.24. The molecule has 5 nitrogen and oxygen atoms in total. The van der Waals surface area contributed by atoms with Gasteiger partial charge >= 0.3 is 5.97 Å². The van der Waals surface area contributed by atoms with E-state index in [9.17, 15) is 4.79 Å². The minimum atomic E-state index is -0.186. The third-order valence-corrected chi connectivity index (χ3v) is 2.91. The van der Waals surface area contributed by atoms with Gasteiger partial charge in [-0.05, 0) is 19.9 Å². The maximum absolute atomic E-state index is 11.4. The lowest BCUT2D eigenvalue weighted by Gasteiger charge is -2.15. The third kappa shape index (κ3) is 5.09. The summed E-state index contributed by atoms with van der Waals surface area (Å²) in [5.74, 6) is 1.33. The summed E-state index contributed by atoms with van der Waals surface area (Å²) in [6.07, 6.45) is 0.353. The normalized spacial score (nSPS) is 11.8. The summed E-state index contributed by atoms with van der Waals surface area (Å²) in [6.45, 7) is 4.79. The molecular weight excluding hydrogens is 258 g/mol. The van der Waals surface area contributed by atoms with Crippen LogP contribution in [0.4, 0.5) is 0 Å². The summed E-state index contributed by atoms with van der Waals surface area (Å²) in [4.78, 5) is 11.4. The molecule has 0 saturated heterocycles. The second-order valence-electron chi connectivity index (χ2n) is 4.47. The van der Waals surface area contributed by atoms with Gasteiger partial charge in [-0.1, -0.05) is 6.07 Å². The van der Waals surface area contributed by atoms with Gasteiger partial charge in [0.2, 0.25) is 0 Å². The van der Waals surface area contributed by atoms with Gasteiger partial charge in [0.1, 0.15) is 11.5 Å². The lowest BCUT2D eigenvalue weighted by Crippen LogP contribution is -2.28. The Morgan fingerprint density at radius 2 is 2.05 bits per heavy atom. The Labute approximate surface area is 120 Å². The van der Waals surface area contributed by atoms with Crippen molar-refractivity contribution in [2.75, 3.05) is 20.8 Å². The third-order valence-electron chi connectivity index (χ3n) is 2.91. The second-order valence-corrected chi connectivity index (χ2v) is 4.47. The van der Waals surface area contributed by atoms with Crippen LogP contribution >= 0.6 is 0 Å². The van der Waals surface area contributed by atoms with Crippen molar-refractivity contribution in [3.63, 3.8) is 0 Å². The van der Waals surface area contributed by atoms with Gasteiger partial charge in [-0.25, -0.2) is 0 Å². The van der Waals surface area contributed by atoms with E-state index in [1.54, 1.807) is 21.1 Å². The van der Waals surface area contributed by atoms with Crippen molar-refractivity contribution < 1.29 is 19.0 Å². The van der Waals surface area contributed by atoms with Gasteiger partial charge in [0.25, 0.3) is 0 Å². The summed E-state index contributed by atoms with van der Waals surface area (Å²) in [6, 6.07) is 5.71. The molecule has 1 atom stereocenters. The standard InChI is InChI=1S/C15H23NO4/c1-5-20-15(17)8-11(2)16-10-12-6-7-13(18-3)9-14(12)19-4/h6-7,9,11,16H,5,8,10H2,1-4H3. The van der Waals surface area contributed by atoms with Crippen LogP contribution in [-0.2, 0) is 16.1 Å². The summed E-state index contributed by atoms with van der Waals surface area (Å²) in [5.41, 5.74) is 1.02. The van der Waals surface area contributed by atoms with Crippen LogP contribution in [0.25, 0.3) is 0 Å². The van der Waals surface area contributed by atoms with Crippen molar-refractivity contribution in [2.24, 2.45) is 0 Å². The van der Waals surface area contributed by atoms with E-state index in [0.717, 1.165) is 17.1 Å². The molecule has 1 aromatic carbocycles. The number of methoxy groups -OCH3 is 2. The molecule has 0 aliphatic rings. The van der Waals surface area contributed by atoms with Gasteiger partial charge in [0.05, 0.1) is 27.2 Å². The number of carbonyl (C=O) groups is 1. The van der Waals surface area contributed by atoms with Crippen molar-refractivity contribution in [3.05, 3.63) is 23.8 Å². The van der Waals surface area contributed by atoms with Gasteiger partial charge in [0, 0.05) is 24.2 Å². The van der Waals surface area contributed by atoms with Crippen molar-refractivity contribution >= 4 is 5.97 Å². The smallest absolute Gasteiger partial charge is 0.307 e. The number of rotatable bonds is 8. The minimum Gasteiger partial charge on any atom is -0.497 e. The lowest BCUT2D eigenvalue weighted by molar-refractivity contribution is -0.143. The summed E-state index contributed by atoms with van der Waals surface area (Å²) in [5, 5.41) is 3.28. The molecule has 112 valence electrons. The van der Waals surface area contributed by atoms with E-state index in [0.29, 0.717) is 19.6 Å². The Morgan fingerprint density at radius 3 is 2.65 bits per heavy atom. The molecule has 0 aliphatic heterocycles. The topological polar surface area (TPSA) is 56.8 Å². The van der Waals surface area contributed by atoms with Crippen LogP contribution in [0.5, 0.6) is 11.5 Å². The van der Waals surface area contributed by atoms with E-state index in [1.807, 2.05) is 25.1 Å². The molecule has 0 aliphatic carbocycles. The first-order valence-corrected chi connectivity index (χ1v) is 6.70. The average Bonchev–Trinajstić information content (AvgIpc) is 2.45. The van der Waals surface area contributed by atoms with Crippen molar-refractivity contribution in [3.8, 4) is 11.5 Å². The van der Waals surface area contributed by atoms with Gasteiger partial charge in [0.15, 0.2) is 0 Å². The zero-order chi connectivity index (χ0) is 15.0. The van der Waals surface area contributed by atoms with Gasteiger partial charge in [-0.15, -0.1) is 0 Å². The summed E-state index contributed by atoms with van der Waals surface area (Å²) < 4.78 is 15.4. The highest BCUT2D eigenvalue weighted by molar-refractivity contribution is 5.70. The SMILES string of the molecule is CCOC(=O)CC(C)NCc1ccc(OC)cc1OC. The van der Waals surface area contributed by atoms with E-state index in [4.69, 9.17) is 14.2 Å². The van der Waals surface area contributed by atoms with Crippen molar-refractivity contribution in [1.82, 2.24) is 5.32 Å². The van der Waals surface area contributed by atoms with E-state index in [2.05, 4.69) is 5.32 Å². The lowest BCUT2D eigenvalue weighted by atomic mass is 10.1. The van der Waals surface area contributed by atoms with Crippen LogP contribution in [0.2, 0.25) is 0 Å². The fraction of sp³-hybridized carbons (Fsp3) is 0.533. The molecule has 0 fully saturated rings. The molecule has 0 spiro atoms. The van der Waals surface area contributed by atoms with Crippen LogP contribution in [-0.4, -0.2) is 32.8 Å². The predicted molar refractivity (Wildman–Crippen MR) is 77.1 cm³/mol. The maximum Gasteiger partial charge on any atom is 0.307 e. The van der Waals surface area contributed by atoms with Crippen LogP contribution in [0, 0.1) is 0 Å². The molecule has 5 heteroatoms. The highest BCUT2D eigenvalue weighted by atomic mass is 16.5. The Balaban J connectivity index is 2.54. The molecule has 0 amide bonds. The Kier molecular flexibility index (Phi) is 6.87.